The van der Waals surface area contributed by atoms with Crippen molar-refractivity contribution in [2.24, 2.45) is 0 Å². The van der Waals surface area contributed by atoms with E-state index in [0.717, 1.165) is 25.5 Å². The van der Waals surface area contributed by atoms with Crippen molar-refractivity contribution in [3.8, 4) is 0 Å². The Morgan fingerprint density at radius 1 is 1.11 bits per heavy atom. The van der Waals surface area contributed by atoms with Gasteiger partial charge in [-0.05, 0) is 40.9 Å². The van der Waals surface area contributed by atoms with Gasteiger partial charge in [-0.2, -0.15) is 4.98 Å². The molecule has 1 aliphatic heterocycles. The summed E-state index contributed by atoms with van der Waals surface area (Å²) in [6, 6.07) is 3.87. The van der Waals surface area contributed by atoms with E-state index in [1.54, 1.807) is 10.7 Å². The minimum atomic E-state index is -0.855. The maximum absolute atomic E-state index is 13.4. The number of anilines is 2. The highest BCUT2D eigenvalue weighted by Crippen LogP contribution is 2.29. The van der Waals surface area contributed by atoms with E-state index in [0.29, 0.717) is 22.9 Å². The number of nitrogens with zero attached hydrogens (tertiary/aromatic N) is 4. The maximum Gasteiger partial charge on any atom is 0.229 e. The van der Waals surface area contributed by atoms with Crippen LogP contribution in [0.15, 0.2) is 22.9 Å². The molecule has 19 heavy (non-hydrogen) atoms. The molecule has 0 bridgehead atoms. The fourth-order valence-electron chi connectivity index (χ4n) is 2.19. The summed E-state index contributed by atoms with van der Waals surface area (Å²) < 4.78 is 28.6. The summed E-state index contributed by atoms with van der Waals surface area (Å²) in [5.74, 6) is -1.05. The zero-order valence-electron chi connectivity index (χ0n) is 9.98. The number of halogens is 3. The van der Waals surface area contributed by atoms with Crippen molar-refractivity contribution in [1.82, 2.24) is 14.8 Å². The van der Waals surface area contributed by atoms with Crippen molar-refractivity contribution in [3.63, 3.8) is 0 Å². The van der Waals surface area contributed by atoms with Crippen LogP contribution in [0.5, 0.6) is 0 Å². The molecule has 0 saturated heterocycles. The van der Waals surface area contributed by atoms with Crippen molar-refractivity contribution in [2.45, 2.75) is 19.4 Å². The number of hydrogen-bond acceptors (Lipinski definition) is 3. The van der Waals surface area contributed by atoms with Crippen LogP contribution < -0.4 is 4.90 Å². The average Bonchev–Trinajstić information content (AvgIpc) is 2.63. The van der Waals surface area contributed by atoms with Gasteiger partial charge in [0.15, 0.2) is 11.6 Å². The third kappa shape index (κ3) is 2.34. The highest BCUT2D eigenvalue weighted by molar-refractivity contribution is 9.10. The molecule has 1 aromatic heterocycles. The second-order valence-electron chi connectivity index (χ2n) is 4.36. The van der Waals surface area contributed by atoms with E-state index in [9.17, 15) is 8.78 Å². The summed E-state index contributed by atoms with van der Waals surface area (Å²) in [4.78, 5) is 6.15. The number of fused-ring (bicyclic) bond motifs is 1. The summed E-state index contributed by atoms with van der Waals surface area (Å²) in [7, 11) is 0. The molecular weight excluding hydrogens is 318 g/mol. The van der Waals surface area contributed by atoms with E-state index < -0.39 is 11.6 Å². The lowest BCUT2D eigenvalue weighted by Crippen LogP contribution is -2.20. The summed E-state index contributed by atoms with van der Waals surface area (Å²) in [6.07, 6.45) is 1.92. The number of rotatable bonds is 1. The lowest BCUT2D eigenvalue weighted by atomic mass is 10.2. The normalized spacial score (nSPS) is 15.2. The monoisotopic (exact) mass is 328 g/mol. The Bertz CT molecular complexity index is 614. The number of aryl methyl sites for hydroxylation is 1. The van der Waals surface area contributed by atoms with Gasteiger partial charge in [-0.15, -0.1) is 5.10 Å². The van der Waals surface area contributed by atoms with Crippen LogP contribution in [0.2, 0.25) is 0 Å². The van der Waals surface area contributed by atoms with Gasteiger partial charge in [0, 0.05) is 24.8 Å². The quantitative estimate of drug-likeness (QED) is 0.805. The maximum atomic E-state index is 13.4. The first-order valence-electron chi connectivity index (χ1n) is 5.98. The molecule has 4 nitrogen and oxygen atoms in total. The molecule has 100 valence electrons. The Kier molecular flexibility index (Phi) is 3.22. The molecule has 0 aliphatic carbocycles. The van der Waals surface area contributed by atoms with E-state index in [-0.39, 0.29) is 0 Å². The number of hydrogen-bond donors (Lipinski definition) is 0. The molecule has 2 aromatic rings. The van der Waals surface area contributed by atoms with Crippen LogP contribution >= 0.6 is 15.9 Å². The predicted molar refractivity (Wildman–Crippen MR) is 70.3 cm³/mol. The van der Waals surface area contributed by atoms with Crippen LogP contribution in [-0.2, 0) is 6.54 Å². The van der Waals surface area contributed by atoms with Gasteiger partial charge < -0.3 is 4.90 Å². The summed E-state index contributed by atoms with van der Waals surface area (Å²) in [5.41, 5.74) is 0.585. The molecular formula is C12H11BrF2N4. The van der Waals surface area contributed by atoms with Crippen LogP contribution in [0.3, 0.4) is 0 Å². The minimum absolute atomic E-state index is 0.497. The molecule has 0 unspecified atom stereocenters. The fraction of sp³-hybridized carbons (Fsp3) is 0.333. The first-order valence-corrected chi connectivity index (χ1v) is 6.77. The van der Waals surface area contributed by atoms with E-state index in [1.807, 2.05) is 4.90 Å². The standard InChI is InChI=1S/C12H11BrF2N4/c13-11-16-12-18(5-1-2-6-19(12)17-11)8-3-4-9(14)10(15)7-8/h3-4,7H,1-2,5-6H2. The molecule has 1 aliphatic rings. The van der Waals surface area contributed by atoms with Gasteiger partial charge in [-0.1, -0.05) is 0 Å². The Morgan fingerprint density at radius 2 is 1.89 bits per heavy atom. The van der Waals surface area contributed by atoms with Crippen LogP contribution in [0.25, 0.3) is 0 Å². The molecule has 0 spiro atoms. The second-order valence-corrected chi connectivity index (χ2v) is 5.07. The highest BCUT2D eigenvalue weighted by Gasteiger charge is 2.21. The lowest BCUT2D eigenvalue weighted by Gasteiger charge is -2.21. The SMILES string of the molecule is Fc1ccc(N2CCCCn3nc(Br)nc32)cc1F. The topological polar surface area (TPSA) is 34.0 Å². The van der Waals surface area contributed by atoms with Crippen molar-refractivity contribution >= 4 is 27.6 Å². The Hall–Kier alpha value is -1.50. The van der Waals surface area contributed by atoms with Gasteiger partial charge in [0.2, 0.25) is 10.7 Å². The van der Waals surface area contributed by atoms with Crippen LogP contribution in [0.4, 0.5) is 20.4 Å². The van der Waals surface area contributed by atoms with E-state index in [2.05, 4.69) is 26.0 Å². The number of benzene rings is 1. The Morgan fingerprint density at radius 3 is 2.68 bits per heavy atom. The van der Waals surface area contributed by atoms with Gasteiger partial charge in [-0.25, -0.2) is 13.5 Å². The van der Waals surface area contributed by atoms with Crippen molar-refractivity contribution in [2.75, 3.05) is 11.4 Å². The Labute approximate surface area is 117 Å². The van der Waals surface area contributed by atoms with Crippen LogP contribution in [-0.4, -0.2) is 21.3 Å². The van der Waals surface area contributed by atoms with Gasteiger partial charge in [0.25, 0.3) is 0 Å². The fourth-order valence-corrected chi connectivity index (χ4v) is 2.54. The third-order valence-corrected chi connectivity index (χ3v) is 3.42. The molecule has 0 fully saturated rings. The third-order valence-electron chi connectivity index (χ3n) is 3.08. The second kappa shape index (κ2) is 4.88. The molecule has 0 amide bonds. The average molecular weight is 329 g/mol. The Balaban J connectivity index is 2.05. The molecule has 3 rings (SSSR count). The van der Waals surface area contributed by atoms with E-state index in [4.69, 9.17) is 0 Å². The smallest absolute Gasteiger partial charge is 0.229 e. The van der Waals surface area contributed by atoms with Gasteiger partial charge in [0.05, 0.1) is 0 Å². The molecule has 2 heterocycles. The van der Waals surface area contributed by atoms with Crippen LogP contribution in [0, 0.1) is 11.6 Å². The van der Waals surface area contributed by atoms with E-state index >= 15 is 0 Å². The van der Waals surface area contributed by atoms with Gasteiger partial charge in [0.1, 0.15) is 0 Å². The molecule has 1 aromatic carbocycles. The zero-order valence-corrected chi connectivity index (χ0v) is 11.6. The van der Waals surface area contributed by atoms with Crippen molar-refractivity contribution in [3.05, 3.63) is 34.6 Å². The molecule has 0 atom stereocenters. The van der Waals surface area contributed by atoms with E-state index in [1.165, 1.54) is 6.07 Å². The molecule has 0 saturated carbocycles. The lowest BCUT2D eigenvalue weighted by molar-refractivity contribution is 0.508. The zero-order chi connectivity index (χ0) is 13.4. The van der Waals surface area contributed by atoms with Crippen molar-refractivity contribution in [1.29, 1.82) is 0 Å². The summed E-state index contributed by atoms with van der Waals surface area (Å²) >= 11 is 3.24. The van der Waals surface area contributed by atoms with Gasteiger partial charge in [-0.3, -0.25) is 0 Å². The van der Waals surface area contributed by atoms with Crippen molar-refractivity contribution < 1.29 is 8.78 Å². The molecule has 0 radical (unpaired) electrons. The van der Waals surface area contributed by atoms with Gasteiger partial charge >= 0.3 is 0 Å². The predicted octanol–water partition coefficient (Wildman–Crippen LogP) is 3.25. The first-order chi connectivity index (χ1) is 9.15. The van der Waals surface area contributed by atoms with Crippen LogP contribution in [0.1, 0.15) is 12.8 Å². The molecule has 0 N–H and O–H groups in total. The summed E-state index contributed by atoms with van der Waals surface area (Å²) in [6.45, 7) is 1.48. The summed E-state index contributed by atoms with van der Waals surface area (Å²) in [5, 5.41) is 4.24. The minimum Gasteiger partial charge on any atom is -0.311 e. The number of aromatic nitrogens is 3. The highest BCUT2D eigenvalue weighted by atomic mass is 79.9. The first kappa shape index (κ1) is 12.5. The largest absolute Gasteiger partial charge is 0.311 e. The molecule has 7 heteroatoms.